The SMILES string of the molecule is Cc1ccc(OCCCN2CC[C@H](O)C2)cc1C. The highest BCUT2D eigenvalue weighted by atomic mass is 16.5. The van der Waals surface area contributed by atoms with Gasteiger partial charge in [0.1, 0.15) is 5.75 Å². The summed E-state index contributed by atoms with van der Waals surface area (Å²) in [5.74, 6) is 0.958. The number of ether oxygens (including phenoxy) is 1. The first-order valence-electron chi connectivity index (χ1n) is 6.75. The second-order valence-electron chi connectivity index (χ2n) is 5.19. The van der Waals surface area contributed by atoms with Crippen LogP contribution in [0.3, 0.4) is 0 Å². The molecular formula is C15H23NO2. The maximum atomic E-state index is 9.42. The number of benzene rings is 1. The lowest BCUT2D eigenvalue weighted by Crippen LogP contribution is -2.24. The molecule has 1 aliphatic rings. The highest BCUT2D eigenvalue weighted by molar-refractivity contribution is 5.33. The molecule has 1 aromatic rings. The Bertz CT molecular complexity index is 392. The van der Waals surface area contributed by atoms with Crippen LogP contribution >= 0.6 is 0 Å². The molecule has 0 radical (unpaired) electrons. The van der Waals surface area contributed by atoms with Gasteiger partial charge in [0.15, 0.2) is 0 Å². The van der Waals surface area contributed by atoms with Gasteiger partial charge in [-0.15, -0.1) is 0 Å². The highest BCUT2D eigenvalue weighted by Crippen LogP contribution is 2.16. The third-order valence-corrected chi connectivity index (χ3v) is 3.61. The standard InChI is InChI=1S/C15H23NO2/c1-12-4-5-15(10-13(12)2)18-9-3-7-16-8-6-14(17)11-16/h4-5,10,14,17H,3,6-9,11H2,1-2H3/t14-/m0/s1. The molecule has 0 amide bonds. The van der Waals surface area contributed by atoms with E-state index in [4.69, 9.17) is 4.74 Å². The van der Waals surface area contributed by atoms with Crippen LogP contribution in [-0.4, -0.2) is 42.4 Å². The van der Waals surface area contributed by atoms with E-state index in [9.17, 15) is 5.11 Å². The van der Waals surface area contributed by atoms with E-state index in [2.05, 4.69) is 30.9 Å². The van der Waals surface area contributed by atoms with Crippen molar-refractivity contribution in [3.63, 3.8) is 0 Å². The first-order valence-corrected chi connectivity index (χ1v) is 6.75. The predicted octanol–water partition coefficient (Wildman–Crippen LogP) is 2.14. The van der Waals surface area contributed by atoms with E-state index in [0.717, 1.165) is 44.8 Å². The Morgan fingerprint density at radius 2 is 2.17 bits per heavy atom. The second-order valence-corrected chi connectivity index (χ2v) is 5.19. The fraction of sp³-hybridized carbons (Fsp3) is 0.600. The van der Waals surface area contributed by atoms with Gasteiger partial charge in [-0.25, -0.2) is 0 Å². The van der Waals surface area contributed by atoms with Crippen LogP contribution in [0, 0.1) is 13.8 Å². The fourth-order valence-corrected chi connectivity index (χ4v) is 2.30. The van der Waals surface area contributed by atoms with Crippen LogP contribution in [0.4, 0.5) is 0 Å². The number of β-amino-alcohol motifs (C(OH)–C–C–N with tert-alkyl or cyclic N) is 1. The van der Waals surface area contributed by atoms with E-state index >= 15 is 0 Å². The molecule has 1 atom stereocenters. The van der Waals surface area contributed by atoms with Gasteiger partial charge in [0, 0.05) is 19.6 Å². The molecule has 0 spiro atoms. The Kier molecular flexibility index (Phi) is 4.61. The molecule has 0 unspecified atom stereocenters. The molecule has 100 valence electrons. The van der Waals surface area contributed by atoms with Gasteiger partial charge in [0.05, 0.1) is 12.7 Å². The number of aliphatic hydroxyl groups excluding tert-OH is 1. The molecule has 3 nitrogen and oxygen atoms in total. The molecule has 1 N–H and O–H groups in total. The predicted molar refractivity (Wildman–Crippen MR) is 73.1 cm³/mol. The van der Waals surface area contributed by atoms with Crippen LogP contribution in [-0.2, 0) is 0 Å². The minimum absolute atomic E-state index is 0.120. The summed E-state index contributed by atoms with van der Waals surface area (Å²) in [6.45, 7) is 7.82. The monoisotopic (exact) mass is 249 g/mol. The number of hydrogen-bond acceptors (Lipinski definition) is 3. The largest absolute Gasteiger partial charge is 0.494 e. The molecule has 1 fully saturated rings. The average molecular weight is 249 g/mol. The minimum Gasteiger partial charge on any atom is -0.494 e. The van der Waals surface area contributed by atoms with Crippen molar-refractivity contribution in [3.05, 3.63) is 29.3 Å². The van der Waals surface area contributed by atoms with E-state index in [-0.39, 0.29) is 6.10 Å². The highest BCUT2D eigenvalue weighted by Gasteiger charge is 2.19. The quantitative estimate of drug-likeness (QED) is 0.812. The summed E-state index contributed by atoms with van der Waals surface area (Å²) in [4.78, 5) is 2.30. The maximum absolute atomic E-state index is 9.42. The molecule has 0 aliphatic carbocycles. The first kappa shape index (κ1) is 13.4. The summed E-state index contributed by atoms with van der Waals surface area (Å²) < 4.78 is 5.74. The molecule has 1 heterocycles. The van der Waals surface area contributed by atoms with Gasteiger partial charge < -0.3 is 14.7 Å². The van der Waals surface area contributed by atoms with Gasteiger partial charge in [-0.1, -0.05) is 6.07 Å². The molecule has 0 saturated carbocycles. The van der Waals surface area contributed by atoms with Crippen molar-refractivity contribution in [3.8, 4) is 5.75 Å². The van der Waals surface area contributed by atoms with Crippen LogP contribution in [0.15, 0.2) is 18.2 Å². The lowest BCUT2D eigenvalue weighted by Gasteiger charge is -2.15. The van der Waals surface area contributed by atoms with Gasteiger partial charge in [-0.3, -0.25) is 0 Å². The summed E-state index contributed by atoms with van der Waals surface area (Å²) in [5.41, 5.74) is 2.57. The third-order valence-electron chi connectivity index (χ3n) is 3.61. The number of likely N-dealkylation sites (tertiary alicyclic amines) is 1. The van der Waals surface area contributed by atoms with Gasteiger partial charge in [0.2, 0.25) is 0 Å². The molecule has 3 heteroatoms. The summed E-state index contributed by atoms with van der Waals surface area (Å²) in [6.07, 6.45) is 1.81. The smallest absolute Gasteiger partial charge is 0.119 e. The van der Waals surface area contributed by atoms with Gasteiger partial charge in [0.25, 0.3) is 0 Å². The number of hydrogen-bond donors (Lipinski definition) is 1. The Hall–Kier alpha value is -1.06. The van der Waals surface area contributed by atoms with Crippen molar-refractivity contribution < 1.29 is 9.84 Å². The van der Waals surface area contributed by atoms with Crippen molar-refractivity contribution in [1.29, 1.82) is 0 Å². The molecule has 0 bridgehead atoms. The summed E-state index contributed by atoms with van der Waals surface area (Å²) in [6, 6.07) is 6.22. The van der Waals surface area contributed by atoms with Crippen LogP contribution in [0.2, 0.25) is 0 Å². The minimum atomic E-state index is -0.120. The average Bonchev–Trinajstić information content (AvgIpc) is 2.75. The normalized spacial score (nSPS) is 20.3. The number of rotatable bonds is 5. The lowest BCUT2D eigenvalue weighted by molar-refractivity contribution is 0.173. The maximum Gasteiger partial charge on any atom is 0.119 e. The zero-order valence-electron chi connectivity index (χ0n) is 11.4. The Balaban J connectivity index is 1.67. The van der Waals surface area contributed by atoms with Crippen molar-refractivity contribution in [2.24, 2.45) is 0 Å². The molecule has 2 rings (SSSR count). The van der Waals surface area contributed by atoms with Crippen molar-refractivity contribution in [2.45, 2.75) is 32.8 Å². The van der Waals surface area contributed by atoms with Crippen molar-refractivity contribution in [2.75, 3.05) is 26.2 Å². The van der Waals surface area contributed by atoms with E-state index in [0.29, 0.717) is 0 Å². The van der Waals surface area contributed by atoms with Gasteiger partial charge >= 0.3 is 0 Å². The third kappa shape index (κ3) is 3.72. The Morgan fingerprint density at radius 3 is 2.83 bits per heavy atom. The molecule has 1 aliphatic heterocycles. The second kappa shape index (κ2) is 6.21. The summed E-state index contributed by atoms with van der Waals surface area (Å²) in [7, 11) is 0. The van der Waals surface area contributed by atoms with Gasteiger partial charge in [-0.2, -0.15) is 0 Å². The molecule has 18 heavy (non-hydrogen) atoms. The van der Waals surface area contributed by atoms with Crippen LogP contribution in [0.25, 0.3) is 0 Å². The van der Waals surface area contributed by atoms with E-state index in [1.165, 1.54) is 11.1 Å². The van der Waals surface area contributed by atoms with Crippen molar-refractivity contribution >= 4 is 0 Å². The number of aryl methyl sites for hydroxylation is 2. The summed E-state index contributed by atoms with van der Waals surface area (Å²) >= 11 is 0. The van der Waals surface area contributed by atoms with Crippen LogP contribution in [0.5, 0.6) is 5.75 Å². The Labute approximate surface area is 109 Å². The lowest BCUT2D eigenvalue weighted by atomic mass is 10.1. The van der Waals surface area contributed by atoms with E-state index < -0.39 is 0 Å². The van der Waals surface area contributed by atoms with E-state index in [1.54, 1.807) is 0 Å². The summed E-state index contributed by atoms with van der Waals surface area (Å²) in [5, 5.41) is 9.42. The molecule has 1 saturated heterocycles. The zero-order chi connectivity index (χ0) is 13.0. The number of nitrogens with zero attached hydrogens (tertiary/aromatic N) is 1. The molecule has 1 aromatic carbocycles. The first-order chi connectivity index (χ1) is 8.65. The van der Waals surface area contributed by atoms with Crippen molar-refractivity contribution in [1.82, 2.24) is 4.90 Å². The fourth-order valence-electron chi connectivity index (χ4n) is 2.30. The number of aliphatic hydroxyl groups is 1. The van der Waals surface area contributed by atoms with Crippen LogP contribution < -0.4 is 4.74 Å². The van der Waals surface area contributed by atoms with Crippen LogP contribution in [0.1, 0.15) is 24.0 Å². The topological polar surface area (TPSA) is 32.7 Å². The van der Waals surface area contributed by atoms with Gasteiger partial charge in [-0.05, 0) is 49.9 Å². The zero-order valence-corrected chi connectivity index (χ0v) is 11.4. The molecule has 0 aromatic heterocycles. The van der Waals surface area contributed by atoms with E-state index in [1.807, 2.05) is 6.07 Å². The Morgan fingerprint density at radius 1 is 1.33 bits per heavy atom. The molecular weight excluding hydrogens is 226 g/mol.